The number of carbonyl (C=O) groups is 4. The average Bonchev–Trinajstić information content (AvgIpc) is 3.47. The number of hydrogen-bond acceptors (Lipinski definition) is 5. The first kappa shape index (κ1) is 23.8. The molecule has 10 heteroatoms. The third-order valence-corrected chi connectivity index (χ3v) is 6.75. The van der Waals surface area contributed by atoms with Gasteiger partial charge in [0.25, 0.3) is 5.92 Å². The largest absolute Gasteiger partial charge is 0.344 e. The molecule has 3 amide bonds. The molecule has 3 heterocycles. The number of nitrogens with zero attached hydrogens (tertiary/aromatic N) is 3. The fraction of sp³-hybridized carbons (Fsp3) is 0.542. The first-order valence-corrected chi connectivity index (χ1v) is 11.3. The van der Waals surface area contributed by atoms with Crippen LogP contribution in [-0.2, 0) is 27.5 Å². The third kappa shape index (κ3) is 4.39. The molecule has 2 fully saturated rings. The maximum Gasteiger partial charge on any atom is 0.268 e. The van der Waals surface area contributed by atoms with Crippen LogP contribution in [0.4, 0.5) is 8.78 Å². The van der Waals surface area contributed by atoms with Crippen LogP contribution >= 0.6 is 0 Å². The Balaban J connectivity index is 1.39. The molecule has 1 aromatic rings. The lowest BCUT2D eigenvalue weighted by atomic mass is 9.94. The van der Waals surface area contributed by atoms with Gasteiger partial charge in [0, 0.05) is 43.3 Å². The second kappa shape index (κ2) is 8.78. The highest BCUT2D eigenvalue weighted by molar-refractivity contribution is 5.99. The van der Waals surface area contributed by atoms with E-state index in [1.165, 1.54) is 0 Å². The number of hydrogen-bond donors (Lipinski definition) is 1. The minimum Gasteiger partial charge on any atom is -0.344 e. The summed E-state index contributed by atoms with van der Waals surface area (Å²) < 4.78 is 27.4. The van der Waals surface area contributed by atoms with Gasteiger partial charge in [0.2, 0.25) is 17.7 Å². The molecular weight excluding hydrogens is 446 g/mol. The Bertz CT molecular complexity index is 1100. The molecule has 0 radical (unpaired) electrons. The third-order valence-electron chi connectivity index (χ3n) is 6.75. The zero-order valence-electron chi connectivity index (χ0n) is 19.0. The van der Waals surface area contributed by atoms with Crippen molar-refractivity contribution < 1.29 is 28.0 Å². The second-order valence-corrected chi connectivity index (χ2v) is 9.58. The van der Waals surface area contributed by atoms with Gasteiger partial charge in [-0.25, -0.2) is 8.78 Å². The van der Waals surface area contributed by atoms with E-state index in [0.29, 0.717) is 12.1 Å². The zero-order valence-corrected chi connectivity index (χ0v) is 19.0. The van der Waals surface area contributed by atoms with Gasteiger partial charge in [0.1, 0.15) is 12.1 Å². The molecule has 0 aromatic heterocycles. The van der Waals surface area contributed by atoms with E-state index in [-0.39, 0.29) is 37.0 Å². The first-order valence-electron chi connectivity index (χ1n) is 11.3. The summed E-state index contributed by atoms with van der Waals surface area (Å²) in [6.45, 7) is 3.38. The quantitative estimate of drug-likeness (QED) is 0.660. The Labute approximate surface area is 195 Å². The van der Waals surface area contributed by atoms with E-state index in [1.54, 1.807) is 23.1 Å². The molecule has 1 aromatic carbocycles. The highest BCUT2D eigenvalue weighted by atomic mass is 19.3. The van der Waals surface area contributed by atoms with E-state index in [0.717, 1.165) is 16.0 Å². The number of carbonyl (C=O) groups excluding carboxylic acids is 4. The molecule has 2 saturated heterocycles. The molecule has 0 bridgehead atoms. The number of alkyl halides is 2. The molecule has 34 heavy (non-hydrogen) atoms. The van der Waals surface area contributed by atoms with Crippen molar-refractivity contribution in [3.63, 3.8) is 0 Å². The fourth-order valence-electron chi connectivity index (χ4n) is 4.92. The number of halogens is 2. The molecule has 4 rings (SSSR count). The van der Waals surface area contributed by atoms with Crippen LogP contribution in [0.25, 0.3) is 0 Å². The van der Waals surface area contributed by atoms with E-state index in [9.17, 15) is 28.0 Å². The Kier molecular flexibility index (Phi) is 6.14. The summed E-state index contributed by atoms with van der Waals surface area (Å²) in [5.74, 6) is -5.58. The van der Waals surface area contributed by atoms with Gasteiger partial charge in [0.15, 0.2) is 5.78 Å². The van der Waals surface area contributed by atoms with Crippen molar-refractivity contribution in [1.82, 2.24) is 15.1 Å². The standard InChI is InChI=1S/C24H26F2N4O4/c1-13(2)21(32)17-5-3-4-14-10-29(11-18(14)17)20(31)7-15-6-19(28-22(15)33)23(34)30-12-24(25,26)8-16(30)9-27/h3-5,13,15-16,19H,6-8,10-12H2,1-2H3,(H,28,33)/t15-,16-,19-/m0/s1. The highest BCUT2D eigenvalue weighted by Crippen LogP contribution is 2.34. The summed E-state index contributed by atoms with van der Waals surface area (Å²) in [5.41, 5.74) is 2.30. The first-order chi connectivity index (χ1) is 16.0. The maximum absolute atomic E-state index is 13.7. The Morgan fingerprint density at radius 1 is 1.26 bits per heavy atom. The number of amides is 3. The van der Waals surface area contributed by atoms with Crippen LogP contribution in [0.2, 0.25) is 0 Å². The Hall–Kier alpha value is -3.35. The van der Waals surface area contributed by atoms with E-state index in [2.05, 4.69) is 5.32 Å². The molecule has 3 atom stereocenters. The van der Waals surface area contributed by atoms with E-state index < -0.39 is 48.7 Å². The lowest BCUT2D eigenvalue weighted by molar-refractivity contribution is -0.135. The van der Waals surface area contributed by atoms with Gasteiger partial charge < -0.3 is 15.1 Å². The minimum absolute atomic E-state index is 0.00149. The average molecular weight is 472 g/mol. The van der Waals surface area contributed by atoms with E-state index in [1.807, 2.05) is 19.9 Å². The number of ketones is 1. The van der Waals surface area contributed by atoms with Crippen molar-refractivity contribution in [3.8, 4) is 6.07 Å². The zero-order chi connectivity index (χ0) is 24.8. The number of likely N-dealkylation sites (tertiary alicyclic amines) is 1. The van der Waals surface area contributed by atoms with Crippen molar-refractivity contribution in [3.05, 3.63) is 34.9 Å². The number of Topliss-reactive ketones (excluding diaryl/α,β-unsaturated/α-hetero) is 1. The van der Waals surface area contributed by atoms with Crippen molar-refractivity contribution in [2.24, 2.45) is 11.8 Å². The van der Waals surface area contributed by atoms with Crippen molar-refractivity contribution in [2.45, 2.75) is 64.2 Å². The molecule has 3 aliphatic rings. The number of nitrogens with one attached hydrogen (secondary N) is 1. The highest BCUT2D eigenvalue weighted by Gasteiger charge is 2.50. The van der Waals surface area contributed by atoms with Crippen molar-refractivity contribution in [2.75, 3.05) is 6.54 Å². The summed E-state index contributed by atoms with van der Waals surface area (Å²) in [6.07, 6.45) is -0.856. The van der Waals surface area contributed by atoms with Crippen molar-refractivity contribution in [1.29, 1.82) is 5.26 Å². The number of benzene rings is 1. The summed E-state index contributed by atoms with van der Waals surface area (Å²) in [7, 11) is 0. The lowest BCUT2D eigenvalue weighted by Crippen LogP contribution is -2.46. The molecule has 0 spiro atoms. The van der Waals surface area contributed by atoms with Crippen LogP contribution in [0, 0.1) is 23.2 Å². The predicted octanol–water partition coefficient (Wildman–Crippen LogP) is 2.02. The van der Waals surface area contributed by atoms with Gasteiger partial charge in [-0.2, -0.15) is 5.26 Å². The molecule has 0 aliphatic carbocycles. The molecule has 8 nitrogen and oxygen atoms in total. The molecular formula is C24H26F2N4O4. The second-order valence-electron chi connectivity index (χ2n) is 9.58. The van der Waals surface area contributed by atoms with Crippen LogP contribution < -0.4 is 5.32 Å². The van der Waals surface area contributed by atoms with E-state index in [4.69, 9.17) is 5.26 Å². The Morgan fingerprint density at radius 3 is 2.68 bits per heavy atom. The van der Waals surface area contributed by atoms with Gasteiger partial charge in [-0.15, -0.1) is 0 Å². The summed E-state index contributed by atoms with van der Waals surface area (Å²) in [6, 6.07) is 4.85. The van der Waals surface area contributed by atoms with Gasteiger partial charge in [-0.05, 0) is 17.5 Å². The lowest BCUT2D eigenvalue weighted by Gasteiger charge is -2.22. The topological polar surface area (TPSA) is 111 Å². The molecule has 3 aliphatic heterocycles. The predicted molar refractivity (Wildman–Crippen MR) is 115 cm³/mol. The molecule has 180 valence electrons. The van der Waals surface area contributed by atoms with Gasteiger partial charge in [-0.1, -0.05) is 32.0 Å². The van der Waals surface area contributed by atoms with Crippen LogP contribution in [0.3, 0.4) is 0 Å². The van der Waals surface area contributed by atoms with Crippen LogP contribution in [0.1, 0.15) is 54.6 Å². The SMILES string of the molecule is CC(C)C(=O)c1cccc2c1CN(C(=O)C[C@@H]1C[C@@H](C(=O)N3CC(F)(F)C[C@H]3C#N)NC1=O)C2. The van der Waals surface area contributed by atoms with E-state index >= 15 is 0 Å². The number of nitriles is 1. The normalized spacial score (nSPS) is 25.3. The van der Waals surface area contributed by atoms with Gasteiger partial charge >= 0.3 is 0 Å². The number of fused-ring (bicyclic) bond motifs is 1. The Morgan fingerprint density at radius 2 is 2.00 bits per heavy atom. The molecule has 0 unspecified atom stereocenters. The van der Waals surface area contributed by atoms with Crippen molar-refractivity contribution >= 4 is 23.5 Å². The minimum atomic E-state index is -3.14. The van der Waals surface area contributed by atoms with Gasteiger partial charge in [0.05, 0.1) is 12.6 Å². The molecule has 0 saturated carbocycles. The fourth-order valence-corrected chi connectivity index (χ4v) is 4.92. The maximum atomic E-state index is 13.7. The van der Waals surface area contributed by atoms with Crippen LogP contribution in [0.15, 0.2) is 18.2 Å². The molecule has 1 N–H and O–H groups in total. The summed E-state index contributed by atoms with van der Waals surface area (Å²) in [4.78, 5) is 53.1. The van der Waals surface area contributed by atoms with Crippen LogP contribution in [0.5, 0.6) is 0 Å². The summed E-state index contributed by atoms with van der Waals surface area (Å²) >= 11 is 0. The number of rotatable bonds is 5. The monoisotopic (exact) mass is 472 g/mol. The summed E-state index contributed by atoms with van der Waals surface area (Å²) in [5, 5.41) is 11.6. The van der Waals surface area contributed by atoms with Gasteiger partial charge in [-0.3, -0.25) is 19.2 Å². The smallest absolute Gasteiger partial charge is 0.268 e. The van der Waals surface area contributed by atoms with Crippen LogP contribution in [-0.4, -0.2) is 57.9 Å².